The van der Waals surface area contributed by atoms with Crippen LogP contribution in [0.4, 0.5) is 0 Å². The number of likely N-dealkylation sites (tertiary alicyclic amines) is 1. The average molecular weight is 477 g/mol. The lowest BCUT2D eigenvalue weighted by molar-refractivity contribution is -0.134. The van der Waals surface area contributed by atoms with E-state index < -0.39 is 16.1 Å². The number of piperidine rings is 1. The molecule has 0 radical (unpaired) electrons. The van der Waals surface area contributed by atoms with Crippen molar-refractivity contribution in [2.75, 3.05) is 25.1 Å². The zero-order valence-electron chi connectivity index (χ0n) is 17.9. The van der Waals surface area contributed by atoms with E-state index in [0.29, 0.717) is 43.7 Å². The minimum absolute atomic E-state index is 0.0441. The zero-order valence-corrected chi connectivity index (χ0v) is 19.6. The highest BCUT2D eigenvalue weighted by Crippen LogP contribution is 2.16. The Labute approximate surface area is 193 Å². The molecule has 1 aliphatic rings. The normalized spacial score (nSPS) is 15.8. The van der Waals surface area contributed by atoms with Gasteiger partial charge in [-0.2, -0.15) is 16.5 Å². The van der Waals surface area contributed by atoms with Gasteiger partial charge in [-0.1, -0.05) is 18.2 Å². The molecule has 2 heterocycles. The quantitative estimate of drug-likeness (QED) is 0.572. The first-order chi connectivity index (χ1) is 15.4. The number of sulfonamides is 1. The molecule has 10 heteroatoms. The van der Waals surface area contributed by atoms with E-state index in [4.69, 9.17) is 0 Å². The van der Waals surface area contributed by atoms with Crippen molar-refractivity contribution in [3.63, 3.8) is 0 Å². The molecule has 8 nitrogen and oxygen atoms in total. The highest BCUT2D eigenvalue weighted by Gasteiger charge is 2.31. The summed E-state index contributed by atoms with van der Waals surface area (Å²) in [5.74, 6) is 0.248. The van der Waals surface area contributed by atoms with Crippen LogP contribution in [0.25, 0.3) is 0 Å². The summed E-state index contributed by atoms with van der Waals surface area (Å²) in [6.07, 6.45) is 6.67. The number of carbonyl (C=O) groups is 2. The number of hydrogen-bond acceptors (Lipinski definition) is 6. The summed E-state index contributed by atoms with van der Waals surface area (Å²) < 4.78 is 28.1. The van der Waals surface area contributed by atoms with Gasteiger partial charge in [0.1, 0.15) is 6.04 Å². The Morgan fingerprint density at radius 1 is 1.16 bits per heavy atom. The minimum Gasteiger partial charge on any atom is -0.349 e. The number of benzene rings is 1. The summed E-state index contributed by atoms with van der Waals surface area (Å²) >= 11 is 1.56. The number of nitrogens with one attached hydrogen (secondary N) is 2. The van der Waals surface area contributed by atoms with Crippen molar-refractivity contribution >= 4 is 33.6 Å². The summed E-state index contributed by atoms with van der Waals surface area (Å²) in [5.41, 5.74) is 0.499. The summed E-state index contributed by atoms with van der Waals surface area (Å²) in [6, 6.07) is 10.6. The van der Waals surface area contributed by atoms with Crippen molar-refractivity contribution in [1.82, 2.24) is 19.9 Å². The lowest BCUT2D eigenvalue weighted by Crippen LogP contribution is -2.53. The molecule has 0 bridgehead atoms. The number of pyridine rings is 1. The van der Waals surface area contributed by atoms with E-state index >= 15 is 0 Å². The summed E-state index contributed by atoms with van der Waals surface area (Å²) in [6.45, 7) is 0.916. The van der Waals surface area contributed by atoms with Crippen molar-refractivity contribution < 1.29 is 18.0 Å². The molecule has 2 N–H and O–H groups in total. The molecule has 2 amide bonds. The van der Waals surface area contributed by atoms with Crippen molar-refractivity contribution in [3.8, 4) is 0 Å². The minimum atomic E-state index is -3.80. The maximum atomic E-state index is 13.2. The number of carbonyl (C=O) groups excluding carboxylic acids is 2. The van der Waals surface area contributed by atoms with Gasteiger partial charge in [-0.05, 0) is 55.5 Å². The van der Waals surface area contributed by atoms with Crippen LogP contribution in [0.2, 0.25) is 0 Å². The van der Waals surface area contributed by atoms with Crippen molar-refractivity contribution in [2.24, 2.45) is 0 Å². The number of rotatable bonds is 9. The molecule has 1 saturated heterocycles. The SMILES string of the molecule is CSCCC(NS(=O)(=O)c1ccccc1)C(=O)N1CCC(NC(=O)c2cccnc2)CC1. The first kappa shape index (κ1) is 24.2. The smallest absolute Gasteiger partial charge is 0.253 e. The van der Waals surface area contributed by atoms with Gasteiger partial charge in [-0.3, -0.25) is 14.6 Å². The van der Waals surface area contributed by atoms with Crippen LogP contribution >= 0.6 is 11.8 Å². The molecule has 32 heavy (non-hydrogen) atoms. The second-order valence-corrected chi connectivity index (χ2v) is 10.3. The summed E-state index contributed by atoms with van der Waals surface area (Å²) in [7, 11) is -3.80. The molecule has 0 saturated carbocycles. The van der Waals surface area contributed by atoms with E-state index in [1.54, 1.807) is 53.2 Å². The second-order valence-electron chi connectivity index (χ2n) is 7.58. The maximum Gasteiger partial charge on any atom is 0.253 e. The van der Waals surface area contributed by atoms with E-state index in [-0.39, 0.29) is 22.8 Å². The van der Waals surface area contributed by atoms with Crippen LogP contribution in [0.3, 0.4) is 0 Å². The summed E-state index contributed by atoms with van der Waals surface area (Å²) in [5, 5.41) is 2.99. The van der Waals surface area contributed by atoms with Gasteiger partial charge >= 0.3 is 0 Å². The molecule has 3 rings (SSSR count). The highest BCUT2D eigenvalue weighted by molar-refractivity contribution is 7.98. The Morgan fingerprint density at radius 2 is 1.88 bits per heavy atom. The standard InChI is InChI=1S/C22H28N4O4S2/c1-31-15-11-20(25-32(29,30)19-7-3-2-4-8-19)22(28)26-13-9-18(10-14-26)24-21(27)17-6-5-12-23-16-17/h2-8,12,16,18,20,25H,9-11,13-15H2,1H3,(H,24,27). The predicted molar refractivity (Wildman–Crippen MR) is 125 cm³/mol. The summed E-state index contributed by atoms with van der Waals surface area (Å²) in [4.78, 5) is 31.3. The molecule has 1 aliphatic heterocycles. The van der Waals surface area contributed by atoms with Gasteiger partial charge < -0.3 is 10.2 Å². The number of nitrogens with zero attached hydrogens (tertiary/aromatic N) is 2. The van der Waals surface area contributed by atoms with Crippen LogP contribution in [-0.4, -0.2) is 67.3 Å². The first-order valence-electron chi connectivity index (χ1n) is 10.5. The number of hydrogen-bond donors (Lipinski definition) is 2. The van der Waals surface area contributed by atoms with Gasteiger partial charge in [0.25, 0.3) is 5.91 Å². The van der Waals surface area contributed by atoms with Crippen molar-refractivity contribution in [2.45, 2.75) is 36.2 Å². The lowest BCUT2D eigenvalue weighted by atomic mass is 10.0. The molecule has 1 aromatic heterocycles. The largest absolute Gasteiger partial charge is 0.349 e. The molecule has 0 spiro atoms. The van der Waals surface area contributed by atoms with Gasteiger partial charge in [0.15, 0.2) is 0 Å². The van der Waals surface area contributed by atoms with Gasteiger partial charge in [0.2, 0.25) is 15.9 Å². The molecule has 1 aromatic carbocycles. The third kappa shape index (κ3) is 6.54. The Balaban J connectivity index is 1.59. The fraction of sp³-hybridized carbons (Fsp3) is 0.409. The molecule has 172 valence electrons. The Kier molecular flexibility index (Phi) is 8.66. The molecular weight excluding hydrogens is 448 g/mol. The first-order valence-corrected chi connectivity index (χ1v) is 13.3. The van der Waals surface area contributed by atoms with Crippen LogP contribution in [0.5, 0.6) is 0 Å². The predicted octanol–water partition coefficient (Wildman–Crippen LogP) is 1.90. The fourth-order valence-electron chi connectivity index (χ4n) is 3.55. The molecule has 2 aromatic rings. The Morgan fingerprint density at radius 3 is 2.50 bits per heavy atom. The van der Waals surface area contributed by atoms with E-state index in [9.17, 15) is 18.0 Å². The molecule has 1 unspecified atom stereocenters. The number of aromatic nitrogens is 1. The average Bonchev–Trinajstić information content (AvgIpc) is 2.83. The molecule has 1 fully saturated rings. The van der Waals surface area contributed by atoms with Crippen LogP contribution < -0.4 is 10.0 Å². The van der Waals surface area contributed by atoms with Crippen LogP contribution in [0.1, 0.15) is 29.6 Å². The molecule has 1 atom stereocenters. The topological polar surface area (TPSA) is 108 Å². The number of thioether (sulfide) groups is 1. The van der Waals surface area contributed by atoms with Crippen LogP contribution in [-0.2, 0) is 14.8 Å². The van der Waals surface area contributed by atoms with Gasteiger partial charge in [-0.25, -0.2) is 8.42 Å². The van der Waals surface area contributed by atoms with E-state index in [2.05, 4.69) is 15.0 Å². The van der Waals surface area contributed by atoms with Crippen molar-refractivity contribution in [3.05, 3.63) is 60.4 Å². The van der Waals surface area contributed by atoms with E-state index in [1.807, 2.05) is 6.26 Å². The monoisotopic (exact) mass is 476 g/mol. The fourth-order valence-corrected chi connectivity index (χ4v) is 5.27. The molecule has 0 aliphatic carbocycles. The van der Waals surface area contributed by atoms with Gasteiger partial charge in [0, 0.05) is 31.5 Å². The van der Waals surface area contributed by atoms with Crippen LogP contribution in [0.15, 0.2) is 59.8 Å². The van der Waals surface area contributed by atoms with E-state index in [1.165, 1.54) is 18.3 Å². The van der Waals surface area contributed by atoms with E-state index in [0.717, 1.165) is 0 Å². The van der Waals surface area contributed by atoms with Crippen LogP contribution in [0, 0.1) is 0 Å². The van der Waals surface area contributed by atoms with Gasteiger partial charge in [0.05, 0.1) is 10.5 Å². The third-order valence-corrected chi connectivity index (χ3v) is 7.46. The Hall–Kier alpha value is -2.43. The van der Waals surface area contributed by atoms with Gasteiger partial charge in [-0.15, -0.1) is 0 Å². The van der Waals surface area contributed by atoms with Crippen molar-refractivity contribution in [1.29, 1.82) is 0 Å². The number of amides is 2. The molecular formula is C22H28N4O4S2. The highest BCUT2D eigenvalue weighted by atomic mass is 32.2. The Bertz CT molecular complexity index is 995. The lowest BCUT2D eigenvalue weighted by Gasteiger charge is -2.34. The zero-order chi connectivity index (χ0) is 23.0. The second kappa shape index (κ2) is 11.4. The third-order valence-electron chi connectivity index (χ3n) is 5.33. The maximum absolute atomic E-state index is 13.2.